The molecule has 2 amide bonds. The van der Waals surface area contributed by atoms with Crippen molar-refractivity contribution in [3.8, 4) is 11.5 Å². The third kappa shape index (κ3) is 6.00. The van der Waals surface area contributed by atoms with Crippen LogP contribution in [0.5, 0.6) is 11.5 Å². The van der Waals surface area contributed by atoms with E-state index in [0.29, 0.717) is 10.6 Å². The van der Waals surface area contributed by atoms with E-state index in [2.05, 4.69) is 22.6 Å². The first kappa shape index (κ1) is 25.5. The van der Waals surface area contributed by atoms with Crippen molar-refractivity contribution in [3.63, 3.8) is 0 Å². The number of ether oxygens (including phenoxy) is 1. The van der Waals surface area contributed by atoms with E-state index in [9.17, 15) is 18.0 Å². The van der Waals surface area contributed by atoms with Crippen molar-refractivity contribution in [2.24, 2.45) is 0 Å². The van der Waals surface area contributed by atoms with Gasteiger partial charge in [0.1, 0.15) is 4.90 Å². The lowest BCUT2D eigenvalue weighted by molar-refractivity contribution is -0.123. The number of hydrogen-bond donors (Lipinski definition) is 0. The minimum absolute atomic E-state index is 0.0608. The van der Waals surface area contributed by atoms with Gasteiger partial charge in [-0.3, -0.25) is 14.5 Å². The summed E-state index contributed by atoms with van der Waals surface area (Å²) in [4.78, 5) is 26.7. The Labute approximate surface area is 225 Å². The molecule has 3 aromatic rings. The van der Waals surface area contributed by atoms with Gasteiger partial charge in [0.15, 0.2) is 11.5 Å². The molecule has 11 heteroatoms. The first-order chi connectivity index (χ1) is 16.7. The highest BCUT2D eigenvalue weighted by atomic mass is 127. The van der Waals surface area contributed by atoms with Gasteiger partial charge in [0, 0.05) is 8.59 Å². The summed E-state index contributed by atoms with van der Waals surface area (Å²) >= 11 is 8.84. The molecule has 0 bridgehead atoms. The maximum Gasteiger partial charge on any atom is 0.339 e. The summed E-state index contributed by atoms with van der Waals surface area (Å²) in [6.07, 6.45) is 1.51. The van der Waals surface area contributed by atoms with Crippen LogP contribution in [-0.4, -0.2) is 31.6 Å². The largest absolute Gasteiger partial charge is 0.493 e. The second kappa shape index (κ2) is 10.6. The number of halogens is 2. The first-order valence-corrected chi connectivity index (χ1v) is 13.7. The zero-order valence-corrected chi connectivity index (χ0v) is 22.7. The van der Waals surface area contributed by atoms with Crippen molar-refractivity contribution in [1.82, 2.24) is 4.90 Å². The quantitative estimate of drug-likeness (QED) is 0.179. The highest BCUT2D eigenvalue weighted by Crippen LogP contribution is 2.36. The molecule has 0 radical (unpaired) electrons. The second-order valence-electron chi connectivity index (χ2n) is 7.30. The molecule has 0 unspecified atom stereocenters. The molecule has 1 fully saturated rings. The number of thioether (sulfide) groups is 1. The topological polar surface area (TPSA) is 90.0 Å². The van der Waals surface area contributed by atoms with E-state index in [0.717, 1.165) is 20.9 Å². The molecule has 0 spiro atoms. The normalized spacial score (nSPS) is 15.1. The molecule has 0 aliphatic carbocycles. The summed E-state index contributed by atoms with van der Waals surface area (Å²) < 4.78 is 37.1. The molecule has 1 aliphatic heterocycles. The molecular weight excluding hydrogens is 625 g/mol. The molecule has 1 heterocycles. The average Bonchev–Trinajstić information content (AvgIpc) is 3.08. The van der Waals surface area contributed by atoms with Crippen molar-refractivity contribution in [2.45, 2.75) is 11.4 Å². The molecule has 1 aliphatic rings. The molecule has 4 rings (SSSR count). The molecule has 0 atom stereocenters. The van der Waals surface area contributed by atoms with E-state index in [1.54, 1.807) is 6.07 Å². The monoisotopic (exact) mass is 641 g/mol. The minimum Gasteiger partial charge on any atom is -0.493 e. The summed E-state index contributed by atoms with van der Waals surface area (Å²) in [6.45, 7) is 0.162. The van der Waals surface area contributed by atoms with Crippen LogP contribution in [0.15, 0.2) is 76.5 Å². The first-order valence-electron chi connectivity index (χ1n) is 10.0. The third-order valence-electron chi connectivity index (χ3n) is 4.91. The molecule has 0 N–H and O–H groups in total. The van der Waals surface area contributed by atoms with Crippen LogP contribution in [-0.2, 0) is 21.5 Å². The van der Waals surface area contributed by atoms with Crippen molar-refractivity contribution in [2.75, 3.05) is 7.11 Å². The Bertz CT molecular complexity index is 1420. The predicted octanol–water partition coefficient (Wildman–Crippen LogP) is 5.96. The molecule has 35 heavy (non-hydrogen) atoms. The molecular formula is C24H17ClINO6S2. The van der Waals surface area contributed by atoms with Crippen LogP contribution >= 0.6 is 46.0 Å². The molecule has 0 saturated carbocycles. The van der Waals surface area contributed by atoms with Crippen LogP contribution in [0.2, 0.25) is 5.02 Å². The smallest absolute Gasteiger partial charge is 0.339 e. The number of rotatable bonds is 7. The molecule has 1 saturated heterocycles. The lowest BCUT2D eigenvalue weighted by atomic mass is 10.1. The Hall–Kier alpha value is -2.54. The van der Waals surface area contributed by atoms with Gasteiger partial charge in [-0.25, -0.2) is 0 Å². The molecule has 7 nitrogen and oxygen atoms in total. The zero-order valence-electron chi connectivity index (χ0n) is 18.1. The standard InChI is InChI=1S/C24H17ClINO6S2/c1-32-20-11-4-16(12-21(20)33-35(30,31)19-9-5-17(25)6-10-19)13-22-23(28)27(24(29)34-22)14-15-2-7-18(26)8-3-15/h2-13H,14H2,1H3/b22-13-. The number of amides is 2. The number of nitrogens with zero attached hydrogens (tertiary/aromatic N) is 1. The van der Waals surface area contributed by atoms with Crippen molar-refractivity contribution in [3.05, 3.63) is 91.4 Å². The van der Waals surface area contributed by atoms with Crippen LogP contribution in [0.3, 0.4) is 0 Å². The summed E-state index contributed by atoms with van der Waals surface area (Å²) in [5, 5.41) is 0.00888. The highest BCUT2D eigenvalue weighted by molar-refractivity contribution is 14.1. The van der Waals surface area contributed by atoms with Crippen LogP contribution in [0.25, 0.3) is 6.08 Å². The fourth-order valence-corrected chi connectivity index (χ4v) is 5.43. The third-order valence-corrected chi connectivity index (χ3v) is 8.04. The van der Waals surface area contributed by atoms with E-state index in [-0.39, 0.29) is 33.1 Å². The van der Waals surface area contributed by atoms with Gasteiger partial charge in [-0.05, 0) is 100 Å². The minimum atomic E-state index is -4.17. The van der Waals surface area contributed by atoms with Gasteiger partial charge >= 0.3 is 10.1 Å². The van der Waals surface area contributed by atoms with Gasteiger partial charge in [0.2, 0.25) is 0 Å². The van der Waals surface area contributed by atoms with E-state index in [1.165, 1.54) is 54.5 Å². The Morgan fingerprint density at radius 1 is 1.00 bits per heavy atom. The Kier molecular flexibility index (Phi) is 7.74. The zero-order chi connectivity index (χ0) is 25.2. The number of hydrogen-bond acceptors (Lipinski definition) is 7. The lowest BCUT2D eigenvalue weighted by Gasteiger charge is -2.12. The van der Waals surface area contributed by atoms with Gasteiger partial charge in [0.05, 0.1) is 18.6 Å². The van der Waals surface area contributed by atoms with Crippen LogP contribution in [0, 0.1) is 3.57 Å². The van der Waals surface area contributed by atoms with Crippen LogP contribution < -0.4 is 8.92 Å². The second-order valence-corrected chi connectivity index (χ2v) is 11.5. The number of carbonyl (C=O) groups excluding carboxylic acids is 2. The number of methoxy groups -OCH3 is 1. The fourth-order valence-electron chi connectivity index (χ4n) is 3.18. The summed E-state index contributed by atoms with van der Waals surface area (Å²) in [7, 11) is -2.79. The SMILES string of the molecule is COc1ccc(/C=C2\SC(=O)N(Cc3ccc(I)cc3)C2=O)cc1OS(=O)(=O)c1ccc(Cl)cc1. The Morgan fingerprint density at radius 3 is 2.34 bits per heavy atom. The molecule has 180 valence electrons. The van der Waals surface area contributed by atoms with Gasteiger partial charge in [-0.1, -0.05) is 29.8 Å². The summed E-state index contributed by atoms with van der Waals surface area (Å²) in [5.41, 5.74) is 1.30. The maximum absolute atomic E-state index is 12.9. The number of imide groups is 1. The Morgan fingerprint density at radius 2 is 1.69 bits per heavy atom. The Balaban J connectivity index is 1.58. The van der Waals surface area contributed by atoms with E-state index in [4.69, 9.17) is 20.5 Å². The molecule has 0 aromatic heterocycles. The van der Waals surface area contributed by atoms with Gasteiger partial charge < -0.3 is 8.92 Å². The molecule has 3 aromatic carbocycles. The van der Waals surface area contributed by atoms with E-state index in [1.807, 2.05) is 24.3 Å². The highest BCUT2D eigenvalue weighted by Gasteiger charge is 2.35. The van der Waals surface area contributed by atoms with Crippen molar-refractivity contribution >= 4 is 73.3 Å². The lowest BCUT2D eigenvalue weighted by Crippen LogP contribution is -2.27. The fraction of sp³-hybridized carbons (Fsp3) is 0.0833. The van der Waals surface area contributed by atoms with Crippen molar-refractivity contribution in [1.29, 1.82) is 0 Å². The van der Waals surface area contributed by atoms with Gasteiger partial charge in [0.25, 0.3) is 11.1 Å². The van der Waals surface area contributed by atoms with Crippen molar-refractivity contribution < 1.29 is 26.9 Å². The summed E-state index contributed by atoms with van der Waals surface area (Å²) in [5.74, 6) is -0.300. The predicted molar refractivity (Wildman–Crippen MR) is 143 cm³/mol. The van der Waals surface area contributed by atoms with Crippen LogP contribution in [0.4, 0.5) is 4.79 Å². The number of benzene rings is 3. The summed E-state index contributed by atoms with van der Waals surface area (Å²) in [6, 6.07) is 17.7. The number of carbonyl (C=O) groups is 2. The van der Waals surface area contributed by atoms with E-state index < -0.39 is 16.0 Å². The van der Waals surface area contributed by atoms with Gasteiger partial charge in [-0.2, -0.15) is 8.42 Å². The van der Waals surface area contributed by atoms with Gasteiger partial charge in [-0.15, -0.1) is 0 Å². The van der Waals surface area contributed by atoms with Crippen LogP contribution in [0.1, 0.15) is 11.1 Å². The van der Waals surface area contributed by atoms with E-state index >= 15 is 0 Å². The maximum atomic E-state index is 12.9. The average molecular weight is 642 g/mol.